The number of rotatable bonds is 3. The Morgan fingerprint density at radius 1 is 1.41 bits per heavy atom. The number of halogens is 1. The van der Waals surface area contributed by atoms with Crippen LogP contribution in [0.15, 0.2) is 22.7 Å². The molecule has 0 aliphatic heterocycles. The van der Waals surface area contributed by atoms with Crippen LogP contribution in [0.2, 0.25) is 0 Å². The first-order valence-electron chi connectivity index (χ1n) is 5.92. The van der Waals surface area contributed by atoms with Crippen molar-refractivity contribution < 1.29 is 0 Å². The zero-order valence-corrected chi connectivity index (χ0v) is 12.4. The number of hydrogen-bond acceptors (Lipinski definition) is 2. The molecule has 1 aliphatic rings. The lowest BCUT2D eigenvalue weighted by molar-refractivity contribution is 0.652. The van der Waals surface area contributed by atoms with Crippen LogP contribution < -0.4 is 10.6 Å². The second kappa shape index (κ2) is 5.36. The van der Waals surface area contributed by atoms with Gasteiger partial charge in [-0.05, 0) is 47.0 Å². The SMILES string of the molecule is CN(c1ccc(C(N)=S)cc1Br)C1CCCC1. The number of hydrogen-bond donors (Lipinski definition) is 1. The lowest BCUT2D eigenvalue weighted by Crippen LogP contribution is -2.29. The van der Waals surface area contributed by atoms with E-state index >= 15 is 0 Å². The summed E-state index contributed by atoms with van der Waals surface area (Å²) < 4.78 is 1.07. The smallest absolute Gasteiger partial charge is 0.104 e. The Balaban J connectivity index is 2.23. The first kappa shape index (κ1) is 12.8. The zero-order valence-electron chi connectivity index (χ0n) is 9.95. The second-order valence-electron chi connectivity index (χ2n) is 4.58. The van der Waals surface area contributed by atoms with Crippen LogP contribution in [0.5, 0.6) is 0 Å². The highest BCUT2D eigenvalue weighted by molar-refractivity contribution is 9.10. The van der Waals surface area contributed by atoms with E-state index < -0.39 is 0 Å². The van der Waals surface area contributed by atoms with Gasteiger partial charge in [0.2, 0.25) is 0 Å². The Hall–Kier alpha value is -0.610. The largest absolute Gasteiger partial charge is 0.389 e. The summed E-state index contributed by atoms with van der Waals surface area (Å²) in [6.07, 6.45) is 5.27. The van der Waals surface area contributed by atoms with Crippen molar-refractivity contribution in [3.63, 3.8) is 0 Å². The fourth-order valence-electron chi connectivity index (χ4n) is 2.43. The highest BCUT2D eigenvalue weighted by Crippen LogP contribution is 2.32. The second-order valence-corrected chi connectivity index (χ2v) is 5.87. The van der Waals surface area contributed by atoms with E-state index in [9.17, 15) is 0 Å². The molecular weight excluding hydrogens is 296 g/mol. The minimum Gasteiger partial charge on any atom is -0.389 e. The summed E-state index contributed by atoms with van der Waals surface area (Å²) in [5.74, 6) is 0. The van der Waals surface area contributed by atoms with E-state index in [0.717, 1.165) is 10.0 Å². The number of nitrogens with zero attached hydrogens (tertiary/aromatic N) is 1. The van der Waals surface area contributed by atoms with Crippen molar-refractivity contribution in [3.8, 4) is 0 Å². The van der Waals surface area contributed by atoms with E-state index in [4.69, 9.17) is 18.0 Å². The minimum atomic E-state index is 0.445. The summed E-state index contributed by atoms with van der Waals surface area (Å²) in [6, 6.07) is 6.76. The van der Waals surface area contributed by atoms with E-state index in [2.05, 4.69) is 33.9 Å². The molecule has 1 aromatic carbocycles. The number of thiocarbonyl (C=S) groups is 1. The van der Waals surface area contributed by atoms with Gasteiger partial charge in [0.05, 0.1) is 5.69 Å². The van der Waals surface area contributed by atoms with Crippen molar-refractivity contribution in [2.45, 2.75) is 31.7 Å². The molecule has 0 heterocycles. The third-order valence-corrected chi connectivity index (χ3v) is 4.36. The molecule has 0 amide bonds. The molecule has 0 bridgehead atoms. The monoisotopic (exact) mass is 312 g/mol. The molecule has 0 aromatic heterocycles. The summed E-state index contributed by atoms with van der Waals surface area (Å²) in [5, 5.41) is 0. The zero-order chi connectivity index (χ0) is 12.4. The number of anilines is 1. The Bertz CT molecular complexity index is 427. The Labute approximate surface area is 116 Å². The maximum Gasteiger partial charge on any atom is 0.104 e. The highest BCUT2D eigenvalue weighted by Gasteiger charge is 2.21. The van der Waals surface area contributed by atoms with Crippen LogP contribution in [0.4, 0.5) is 5.69 Å². The lowest BCUT2D eigenvalue weighted by Gasteiger charge is -2.27. The van der Waals surface area contributed by atoms with E-state index in [1.165, 1.54) is 31.4 Å². The summed E-state index contributed by atoms with van der Waals surface area (Å²) in [5.41, 5.74) is 7.76. The maximum atomic E-state index is 5.63. The standard InChI is InChI=1S/C13H17BrN2S/c1-16(10-4-2-3-5-10)12-7-6-9(13(15)17)8-11(12)14/h6-8,10H,2-5H2,1H3,(H2,15,17). The molecule has 0 radical (unpaired) electrons. The predicted octanol–water partition coefficient (Wildman–Crippen LogP) is 3.46. The molecule has 1 saturated carbocycles. The molecule has 0 unspecified atom stereocenters. The van der Waals surface area contributed by atoms with Gasteiger partial charge in [0.1, 0.15) is 4.99 Å². The van der Waals surface area contributed by atoms with Gasteiger partial charge in [-0.25, -0.2) is 0 Å². The fourth-order valence-corrected chi connectivity index (χ4v) is 3.22. The lowest BCUT2D eigenvalue weighted by atomic mass is 10.1. The van der Waals surface area contributed by atoms with Gasteiger partial charge in [-0.2, -0.15) is 0 Å². The molecule has 0 atom stereocenters. The van der Waals surface area contributed by atoms with Crippen LogP contribution in [-0.2, 0) is 0 Å². The van der Waals surface area contributed by atoms with Gasteiger partial charge in [0.15, 0.2) is 0 Å². The van der Waals surface area contributed by atoms with E-state index in [1.807, 2.05) is 12.1 Å². The van der Waals surface area contributed by atoms with Crippen molar-refractivity contribution in [2.24, 2.45) is 5.73 Å². The average molecular weight is 313 g/mol. The van der Waals surface area contributed by atoms with Crippen LogP contribution in [0.25, 0.3) is 0 Å². The molecule has 0 saturated heterocycles. The third-order valence-electron chi connectivity index (χ3n) is 3.48. The van der Waals surface area contributed by atoms with Gasteiger partial charge in [-0.1, -0.05) is 25.1 Å². The molecule has 2 nitrogen and oxygen atoms in total. The van der Waals surface area contributed by atoms with Crippen molar-refractivity contribution in [3.05, 3.63) is 28.2 Å². The molecule has 92 valence electrons. The summed E-state index contributed by atoms with van der Waals surface area (Å²) in [7, 11) is 2.16. The summed E-state index contributed by atoms with van der Waals surface area (Å²) in [6.45, 7) is 0. The van der Waals surface area contributed by atoms with Crippen molar-refractivity contribution in [2.75, 3.05) is 11.9 Å². The molecule has 2 N–H and O–H groups in total. The van der Waals surface area contributed by atoms with E-state index in [0.29, 0.717) is 11.0 Å². The minimum absolute atomic E-state index is 0.445. The predicted molar refractivity (Wildman–Crippen MR) is 80.7 cm³/mol. The van der Waals surface area contributed by atoms with Gasteiger partial charge >= 0.3 is 0 Å². The number of benzene rings is 1. The Kier molecular flexibility index (Phi) is 4.05. The molecule has 17 heavy (non-hydrogen) atoms. The van der Waals surface area contributed by atoms with Crippen LogP contribution in [0.1, 0.15) is 31.2 Å². The van der Waals surface area contributed by atoms with Gasteiger partial charge in [-0.15, -0.1) is 0 Å². The van der Waals surface area contributed by atoms with Gasteiger partial charge < -0.3 is 10.6 Å². The molecule has 1 aromatic rings. The van der Waals surface area contributed by atoms with Gasteiger partial charge in [-0.3, -0.25) is 0 Å². The van der Waals surface area contributed by atoms with Crippen molar-refractivity contribution in [1.82, 2.24) is 0 Å². The first-order valence-corrected chi connectivity index (χ1v) is 7.12. The number of nitrogens with two attached hydrogens (primary N) is 1. The summed E-state index contributed by atoms with van der Waals surface area (Å²) in [4.78, 5) is 2.81. The molecule has 1 aliphatic carbocycles. The highest BCUT2D eigenvalue weighted by atomic mass is 79.9. The quantitative estimate of drug-likeness (QED) is 0.867. The van der Waals surface area contributed by atoms with Gasteiger partial charge in [0.25, 0.3) is 0 Å². The molecule has 4 heteroatoms. The Morgan fingerprint density at radius 2 is 2.06 bits per heavy atom. The normalized spacial score (nSPS) is 16.1. The topological polar surface area (TPSA) is 29.3 Å². The molecule has 0 spiro atoms. The fraction of sp³-hybridized carbons (Fsp3) is 0.462. The maximum absolute atomic E-state index is 5.63. The first-order chi connectivity index (χ1) is 8.09. The molecule has 2 rings (SSSR count). The Morgan fingerprint density at radius 3 is 2.59 bits per heavy atom. The van der Waals surface area contributed by atoms with Crippen LogP contribution >= 0.6 is 28.1 Å². The van der Waals surface area contributed by atoms with Crippen molar-refractivity contribution >= 4 is 38.8 Å². The van der Waals surface area contributed by atoms with E-state index in [1.54, 1.807) is 0 Å². The molecule has 1 fully saturated rings. The molecular formula is C13H17BrN2S. The average Bonchev–Trinajstić information content (AvgIpc) is 2.81. The van der Waals surface area contributed by atoms with Crippen LogP contribution in [0.3, 0.4) is 0 Å². The van der Waals surface area contributed by atoms with E-state index in [-0.39, 0.29) is 0 Å². The summed E-state index contributed by atoms with van der Waals surface area (Å²) >= 11 is 8.59. The van der Waals surface area contributed by atoms with Crippen LogP contribution in [0, 0.1) is 0 Å². The third kappa shape index (κ3) is 2.80. The van der Waals surface area contributed by atoms with Crippen LogP contribution in [-0.4, -0.2) is 18.1 Å². The van der Waals surface area contributed by atoms with Crippen molar-refractivity contribution in [1.29, 1.82) is 0 Å². The van der Waals surface area contributed by atoms with Gasteiger partial charge in [0, 0.05) is 23.1 Å².